The van der Waals surface area contributed by atoms with Gasteiger partial charge in [0.15, 0.2) is 0 Å². The van der Waals surface area contributed by atoms with E-state index in [2.05, 4.69) is 47.2 Å². The molecule has 18 heavy (non-hydrogen) atoms. The Balaban J connectivity index is 2.23. The van der Waals surface area contributed by atoms with E-state index < -0.39 is 0 Å². The first-order valence-corrected chi connectivity index (χ1v) is 7.48. The summed E-state index contributed by atoms with van der Waals surface area (Å²) in [5.74, 6) is 0.989. The fourth-order valence-electron chi connectivity index (χ4n) is 1.94. The van der Waals surface area contributed by atoms with Crippen LogP contribution in [-0.4, -0.2) is 20.2 Å². The summed E-state index contributed by atoms with van der Waals surface area (Å²) in [6.07, 6.45) is 4.92. The predicted molar refractivity (Wildman–Crippen MR) is 81.5 cm³/mol. The van der Waals surface area contributed by atoms with E-state index in [4.69, 9.17) is 4.74 Å². The lowest BCUT2D eigenvalue weighted by molar-refractivity contribution is 0.304. The maximum absolute atomic E-state index is 5.79. The number of aryl methyl sites for hydroxylation is 2. The molecule has 0 unspecified atom stereocenters. The first-order valence-electron chi connectivity index (χ1n) is 6.69. The normalized spacial score (nSPS) is 10.7. The lowest BCUT2D eigenvalue weighted by Crippen LogP contribution is -2.07. The van der Waals surface area contributed by atoms with E-state index in [1.807, 2.05) is 7.05 Å². The van der Waals surface area contributed by atoms with Gasteiger partial charge in [0.1, 0.15) is 5.75 Å². The van der Waals surface area contributed by atoms with Crippen molar-refractivity contribution in [1.82, 2.24) is 5.32 Å². The monoisotopic (exact) mass is 313 g/mol. The van der Waals surface area contributed by atoms with Crippen molar-refractivity contribution in [2.45, 2.75) is 39.5 Å². The van der Waals surface area contributed by atoms with Crippen LogP contribution in [0.15, 0.2) is 16.6 Å². The minimum atomic E-state index is 0.820. The highest BCUT2D eigenvalue weighted by Crippen LogP contribution is 2.26. The van der Waals surface area contributed by atoms with E-state index in [0.717, 1.165) is 25.3 Å². The summed E-state index contributed by atoms with van der Waals surface area (Å²) in [6.45, 7) is 6.13. The number of rotatable bonds is 8. The summed E-state index contributed by atoms with van der Waals surface area (Å²) in [5, 5.41) is 3.17. The zero-order valence-electron chi connectivity index (χ0n) is 11.7. The average Bonchev–Trinajstić information content (AvgIpc) is 2.34. The molecule has 0 amide bonds. The summed E-state index contributed by atoms with van der Waals surface area (Å²) >= 11 is 3.57. The highest BCUT2D eigenvalue weighted by atomic mass is 79.9. The molecule has 102 valence electrons. The molecule has 1 rings (SSSR count). The molecule has 0 aromatic heterocycles. The molecule has 0 saturated heterocycles. The lowest BCUT2D eigenvalue weighted by Gasteiger charge is -2.10. The van der Waals surface area contributed by atoms with Gasteiger partial charge in [-0.2, -0.15) is 0 Å². The Morgan fingerprint density at radius 3 is 2.28 bits per heavy atom. The van der Waals surface area contributed by atoms with Gasteiger partial charge in [-0.15, -0.1) is 0 Å². The van der Waals surface area contributed by atoms with Gasteiger partial charge in [0.2, 0.25) is 0 Å². The van der Waals surface area contributed by atoms with Crippen molar-refractivity contribution in [3.05, 3.63) is 27.7 Å². The first kappa shape index (κ1) is 15.5. The van der Waals surface area contributed by atoms with Gasteiger partial charge in [-0.25, -0.2) is 0 Å². The van der Waals surface area contributed by atoms with Crippen LogP contribution >= 0.6 is 15.9 Å². The number of halogens is 1. The van der Waals surface area contributed by atoms with Crippen LogP contribution in [0.5, 0.6) is 5.75 Å². The predicted octanol–water partition coefficient (Wildman–Crippen LogP) is 4.22. The topological polar surface area (TPSA) is 21.3 Å². The molecule has 0 aliphatic heterocycles. The molecule has 1 aromatic carbocycles. The van der Waals surface area contributed by atoms with Crippen LogP contribution in [0.3, 0.4) is 0 Å². The van der Waals surface area contributed by atoms with Gasteiger partial charge in [0.05, 0.1) is 6.61 Å². The number of ether oxygens (including phenoxy) is 1. The van der Waals surface area contributed by atoms with Crippen LogP contribution in [0.4, 0.5) is 0 Å². The molecule has 0 atom stereocenters. The summed E-state index contributed by atoms with van der Waals surface area (Å²) in [5.41, 5.74) is 2.47. The number of unbranched alkanes of at least 4 members (excludes halogenated alkanes) is 3. The van der Waals surface area contributed by atoms with Crippen molar-refractivity contribution in [1.29, 1.82) is 0 Å². The van der Waals surface area contributed by atoms with Crippen molar-refractivity contribution in [2.75, 3.05) is 20.2 Å². The van der Waals surface area contributed by atoms with Gasteiger partial charge < -0.3 is 10.1 Å². The highest BCUT2D eigenvalue weighted by molar-refractivity contribution is 9.10. The summed E-state index contributed by atoms with van der Waals surface area (Å²) in [6, 6.07) is 4.19. The molecule has 0 bridgehead atoms. The molecule has 0 spiro atoms. The minimum Gasteiger partial charge on any atom is -0.494 e. The molecule has 0 heterocycles. The summed E-state index contributed by atoms with van der Waals surface area (Å²) in [7, 11) is 2.00. The Labute approximate surface area is 119 Å². The van der Waals surface area contributed by atoms with Crippen LogP contribution < -0.4 is 10.1 Å². The molecule has 0 aliphatic carbocycles. The van der Waals surface area contributed by atoms with Crippen LogP contribution in [0.1, 0.15) is 36.8 Å². The molecule has 1 N–H and O–H groups in total. The zero-order chi connectivity index (χ0) is 13.4. The van der Waals surface area contributed by atoms with Gasteiger partial charge >= 0.3 is 0 Å². The molecule has 0 radical (unpaired) electrons. The Kier molecular flexibility index (Phi) is 7.36. The zero-order valence-corrected chi connectivity index (χ0v) is 13.3. The maximum atomic E-state index is 5.79. The quantitative estimate of drug-likeness (QED) is 0.725. The standard InChI is InChI=1S/C15H24BrNO/c1-12-10-14(11-13(2)15(12)16)18-9-7-5-4-6-8-17-3/h10-11,17H,4-9H2,1-3H3. The molecular weight excluding hydrogens is 290 g/mol. The third kappa shape index (κ3) is 5.40. The van der Waals surface area contributed by atoms with Gasteiger partial charge in [0.25, 0.3) is 0 Å². The number of nitrogens with one attached hydrogen (secondary N) is 1. The van der Waals surface area contributed by atoms with Gasteiger partial charge in [-0.3, -0.25) is 0 Å². The van der Waals surface area contributed by atoms with Crippen LogP contribution in [0.25, 0.3) is 0 Å². The third-order valence-corrected chi connectivity index (χ3v) is 4.25. The van der Waals surface area contributed by atoms with Crippen LogP contribution in [0, 0.1) is 13.8 Å². The second-order valence-electron chi connectivity index (χ2n) is 4.74. The second kappa shape index (κ2) is 8.54. The maximum Gasteiger partial charge on any atom is 0.119 e. The first-order chi connectivity index (χ1) is 8.65. The van der Waals surface area contributed by atoms with Crippen molar-refractivity contribution in [3.63, 3.8) is 0 Å². The number of benzene rings is 1. The smallest absolute Gasteiger partial charge is 0.119 e. The molecule has 3 heteroatoms. The molecule has 2 nitrogen and oxygen atoms in total. The highest BCUT2D eigenvalue weighted by Gasteiger charge is 2.02. The molecule has 0 aliphatic rings. The van der Waals surface area contributed by atoms with Crippen molar-refractivity contribution >= 4 is 15.9 Å². The van der Waals surface area contributed by atoms with Crippen molar-refractivity contribution in [2.24, 2.45) is 0 Å². The Morgan fingerprint density at radius 2 is 1.67 bits per heavy atom. The van der Waals surface area contributed by atoms with Crippen molar-refractivity contribution < 1.29 is 4.74 Å². The fourth-order valence-corrected chi connectivity index (χ4v) is 2.17. The van der Waals surface area contributed by atoms with Crippen LogP contribution in [0.2, 0.25) is 0 Å². The fraction of sp³-hybridized carbons (Fsp3) is 0.600. The van der Waals surface area contributed by atoms with Gasteiger partial charge in [-0.05, 0) is 63.5 Å². The Hall–Kier alpha value is -0.540. The molecule has 0 fully saturated rings. The molecular formula is C15H24BrNO. The Bertz CT molecular complexity index is 343. The van der Waals surface area contributed by atoms with Crippen LogP contribution in [-0.2, 0) is 0 Å². The van der Waals surface area contributed by atoms with E-state index >= 15 is 0 Å². The second-order valence-corrected chi connectivity index (χ2v) is 5.53. The van der Waals surface area contributed by atoms with E-state index in [1.165, 1.54) is 34.9 Å². The summed E-state index contributed by atoms with van der Waals surface area (Å²) in [4.78, 5) is 0. The molecule has 0 saturated carbocycles. The minimum absolute atomic E-state index is 0.820. The molecule has 1 aromatic rings. The lowest BCUT2D eigenvalue weighted by atomic mass is 10.1. The number of hydrogen-bond donors (Lipinski definition) is 1. The Morgan fingerprint density at radius 1 is 1.06 bits per heavy atom. The summed E-state index contributed by atoms with van der Waals surface area (Å²) < 4.78 is 6.98. The van der Waals surface area contributed by atoms with E-state index in [0.29, 0.717) is 0 Å². The van der Waals surface area contributed by atoms with Gasteiger partial charge in [0, 0.05) is 4.47 Å². The largest absolute Gasteiger partial charge is 0.494 e. The number of hydrogen-bond acceptors (Lipinski definition) is 2. The van der Waals surface area contributed by atoms with E-state index in [-0.39, 0.29) is 0 Å². The van der Waals surface area contributed by atoms with Gasteiger partial charge in [-0.1, -0.05) is 28.8 Å². The average molecular weight is 314 g/mol. The van der Waals surface area contributed by atoms with E-state index in [1.54, 1.807) is 0 Å². The van der Waals surface area contributed by atoms with Crippen molar-refractivity contribution in [3.8, 4) is 5.75 Å². The van der Waals surface area contributed by atoms with E-state index in [9.17, 15) is 0 Å². The SMILES string of the molecule is CNCCCCCCOc1cc(C)c(Br)c(C)c1. The third-order valence-electron chi connectivity index (χ3n) is 3.00.